The highest BCUT2D eigenvalue weighted by Gasteiger charge is 2.58. The molecule has 4 fully saturated rings. The van der Waals surface area contributed by atoms with Gasteiger partial charge in [-0.15, -0.1) is 23.5 Å². The predicted octanol–water partition coefficient (Wildman–Crippen LogP) is -0.0528. The molecule has 0 bridgehead atoms. The second kappa shape index (κ2) is 3.91. The third-order valence-corrected chi connectivity index (χ3v) is 7.81. The highest BCUT2D eigenvalue weighted by Crippen LogP contribution is 2.53. The number of carbonyl (C=O) groups excluding carboxylic acids is 3. The standard InChI is InChI=1S/C12H14N2O3S2/c15-7-3-8-10(16)14-6-12(18-1-2-19-12)4-9(14)11(17)13(8)5-7/h8-9H,1-6H2/t8-,9-/m0/s1. The zero-order valence-corrected chi connectivity index (χ0v) is 12.0. The van der Waals surface area contributed by atoms with E-state index >= 15 is 0 Å². The maximum absolute atomic E-state index is 12.5. The van der Waals surface area contributed by atoms with Gasteiger partial charge in [0.25, 0.3) is 0 Å². The second-order valence-corrected chi connectivity index (χ2v) is 8.73. The number of rotatable bonds is 0. The number of carbonyl (C=O) groups is 3. The van der Waals surface area contributed by atoms with Crippen LogP contribution in [0.2, 0.25) is 0 Å². The van der Waals surface area contributed by atoms with Crippen molar-refractivity contribution >= 4 is 41.1 Å². The summed E-state index contributed by atoms with van der Waals surface area (Å²) in [6, 6.07) is -0.837. The first-order valence-electron chi connectivity index (χ1n) is 6.50. The molecule has 4 heterocycles. The molecule has 1 spiro atoms. The number of Topliss-reactive ketones (excluding diaryl/α,β-unsaturated/α-hetero) is 1. The first kappa shape index (κ1) is 12.1. The molecule has 2 atom stereocenters. The first-order chi connectivity index (χ1) is 9.10. The summed E-state index contributed by atoms with van der Waals surface area (Å²) in [5.74, 6) is 2.17. The van der Waals surface area contributed by atoms with Gasteiger partial charge >= 0.3 is 0 Å². The maximum Gasteiger partial charge on any atom is 0.246 e. The number of thioether (sulfide) groups is 2. The van der Waals surface area contributed by atoms with Crippen LogP contribution in [0.5, 0.6) is 0 Å². The zero-order valence-electron chi connectivity index (χ0n) is 10.3. The number of nitrogens with zero attached hydrogens (tertiary/aromatic N) is 2. The summed E-state index contributed by atoms with van der Waals surface area (Å²) in [5.41, 5.74) is 0. The minimum atomic E-state index is -0.511. The molecule has 0 radical (unpaired) electrons. The van der Waals surface area contributed by atoms with Gasteiger partial charge in [-0.25, -0.2) is 0 Å². The molecule has 4 rings (SSSR count). The smallest absolute Gasteiger partial charge is 0.246 e. The van der Waals surface area contributed by atoms with E-state index in [0.29, 0.717) is 6.54 Å². The molecule has 0 aromatic heterocycles. The van der Waals surface area contributed by atoms with E-state index < -0.39 is 6.04 Å². The van der Waals surface area contributed by atoms with Gasteiger partial charge in [0, 0.05) is 30.9 Å². The van der Waals surface area contributed by atoms with Gasteiger partial charge < -0.3 is 9.80 Å². The van der Waals surface area contributed by atoms with Gasteiger partial charge in [-0.1, -0.05) is 0 Å². The minimum Gasteiger partial charge on any atom is -0.327 e. The highest BCUT2D eigenvalue weighted by molar-refractivity contribution is 8.21. The Balaban J connectivity index is 1.66. The summed E-state index contributed by atoms with van der Waals surface area (Å²) in [6.45, 7) is 0.795. The van der Waals surface area contributed by atoms with Gasteiger partial charge in [0.1, 0.15) is 12.1 Å². The van der Waals surface area contributed by atoms with Crippen LogP contribution < -0.4 is 0 Å². The molecule has 0 aromatic carbocycles. The summed E-state index contributed by atoms with van der Waals surface area (Å²) < 4.78 is 0.0275. The van der Waals surface area contributed by atoms with E-state index in [4.69, 9.17) is 0 Å². The Morgan fingerprint density at radius 2 is 1.68 bits per heavy atom. The van der Waals surface area contributed by atoms with E-state index in [9.17, 15) is 14.4 Å². The van der Waals surface area contributed by atoms with E-state index in [0.717, 1.165) is 17.9 Å². The van der Waals surface area contributed by atoms with E-state index in [2.05, 4.69) is 0 Å². The average Bonchev–Trinajstić information content (AvgIpc) is 3.07. The van der Waals surface area contributed by atoms with Gasteiger partial charge in [-0.2, -0.15) is 0 Å². The number of ketones is 1. The average molecular weight is 298 g/mol. The summed E-state index contributed by atoms with van der Waals surface area (Å²) in [6.07, 6.45) is 0.950. The van der Waals surface area contributed by atoms with Crippen molar-refractivity contribution in [3.05, 3.63) is 0 Å². The lowest BCUT2D eigenvalue weighted by Crippen LogP contribution is -2.60. The van der Waals surface area contributed by atoms with Crippen LogP contribution in [0.1, 0.15) is 12.8 Å². The summed E-state index contributed by atoms with van der Waals surface area (Å²) in [7, 11) is 0. The molecule has 0 unspecified atom stereocenters. The Labute approximate surface area is 119 Å². The fourth-order valence-electron chi connectivity index (χ4n) is 3.52. The number of piperazine rings is 1. The van der Waals surface area contributed by atoms with Gasteiger partial charge in [0.2, 0.25) is 11.8 Å². The molecule has 4 aliphatic rings. The molecule has 2 amide bonds. The molecular formula is C12H14N2O3S2. The minimum absolute atomic E-state index is 0.00667. The lowest BCUT2D eigenvalue weighted by atomic mass is 10.1. The monoisotopic (exact) mass is 298 g/mol. The molecule has 0 aliphatic carbocycles. The summed E-state index contributed by atoms with van der Waals surface area (Å²) in [5, 5.41) is 0. The molecule has 102 valence electrons. The Hall–Kier alpha value is -0.690. The van der Waals surface area contributed by atoms with Crippen LogP contribution >= 0.6 is 23.5 Å². The van der Waals surface area contributed by atoms with Crippen LogP contribution in [0.25, 0.3) is 0 Å². The van der Waals surface area contributed by atoms with Crippen molar-refractivity contribution in [3.63, 3.8) is 0 Å². The van der Waals surface area contributed by atoms with E-state index in [1.54, 1.807) is 4.90 Å². The van der Waals surface area contributed by atoms with Crippen molar-refractivity contribution in [2.75, 3.05) is 24.6 Å². The first-order valence-corrected chi connectivity index (χ1v) is 8.47. The molecule has 4 saturated heterocycles. The third-order valence-electron chi connectivity index (χ3n) is 4.39. The van der Waals surface area contributed by atoms with Gasteiger partial charge in [0.05, 0.1) is 10.6 Å². The molecule has 0 saturated carbocycles. The Kier molecular flexibility index (Phi) is 2.49. The SMILES string of the molecule is O=C1C[C@H]2C(=O)N3CC4(C[C@H]3C(=O)N2C1)SCCS4. The van der Waals surface area contributed by atoms with Crippen molar-refractivity contribution in [3.8, 4) is 0 Å². The molecule has 5 nitrogen and oxygen atoms in total. The van der Waals surface area contributed by atoms with Crippen LogP contribution in [-0.2, 0) is 14.4 Å². The quantitative estimate of drug-likeness (QED) is 0.627. The van der Waals surface area contributed by atoms with Gasteiger partial charge in [-0.3, -0.25) is 14.4 Å². The normalized spacial score (nSPS) is 36.3. The number of fused-ring (bicyclic) bond motifs is 2. The summed E-state index contributed by atoms with van der Waals surface area (Å²) in [4.78, 5) is 39.7. The molecule has 7 heteroatoms. The Bertz CT molecular complexity index is 453. The second-order valence-electron chi connectivity index (χ2n) is 5.52. The number of hydrogen-bond donors (Lipinski definition) is 0. The van der Waals surface area contributed by atoms with Crippen LogP contribution in [0.3, 0.4) is 0 Å². The predicted molar refractivity (Wildman–Crippen MR) is 72.9 cm³/mol. The highest BCUT2D eigenvalue weighted by atomic mass is 32.2. The van der Waals surface area contributed by atoms with Crippen molar-refractivity contribution < 1.29 is 14.4 Å². The molecule has 4 aliphatic heterocycles. The van der Waals surface area contributed by atoms with Crippen molar-refractivity contribution in [1.82, 2.24) is 9.80 Å². The number of amides is 2. The van der Waals surface area contributed by atoms with Crippen LogP contribution in [-0.4, -0.2) is 68.2 Å². The van der Waals surface area contributed by atoms with E-state index in [1.807, 2.05) is 23.5 Å². The van der Waals surface area contributed by atoms with Crippen LogP contribution in [0, 0.1) is 0 Å². The molecule has 0 aromatic rings. The van der Waals surface area contributed by atoms with Gasteiger partial charge in [-0.05, 0) is 0 Å². The van der Waals surface area contributed by atoms with E-state index in [1.165, 1.54) is 4.90 Å². The third kappa shape index (κ3) is 1.60. The fraction of sp³-hybridized carbons (Fsp3) is 0.750. The topological polar surface area (TPSA) is 57.7 Å². The van der Waals surface area contributed by atoms with Crippen LogP contribution in [0.4, 0.5) is 0 Å². The lowest BCUT2D eigenvalue weighted by molar-refractivity contribution is -0.156. The van der Waals surface area contributed by atoms with Gasteiger partial charge in [0.15, 0.2) is 5.78 Å². The number of hydrogen-bond acceptors (Lipinski definition) is 5. The molecular weight excluding hydrogens is 284 g/mol. The summed E-state index contributed by atoms with van der Waals surface area (Å²) >= 11 is 3.76. The maximum atomic E-state index is 12.5. The lowest BCUT2D eigenvalue weighted by Gasteiger charge is -2.37. The van der Waals surface area contributed by atoms with Crippen molar-refractivity contribution in [2.24, 2.45) is 0 Å². The van der Waals surface area contributed by atoms with Crippen molar-refractivity contribution in [2.45, 2.75) is 29.0 Å². The van der Waals surface area contributed by atoms with Crippen molar-refractivity contribution in [1.29, 1.82) is 0 Å². The Morgan fingerprint density at radius 3 is 2.42 bits per heavy atom. The molecule has 0 N–H and O–H groups in total. The largest absolute Gasteiger partial charge is 0.327 e. The fourth-order valence-corrected chi connectivity index (χ4v) is 6.78. The zero-order chi connectivity index (χ0) is 13.2. The van der Waals surface area contributed by atoms with E-state index in [-0.39, 0.29) is 40.7 Å². The van der Waals surface area contributed by atoms with Crippen LogP contribution in [0.15, 0.2) is 0 Å². The molecule has 19 heavy (non-hydrogen) atoms. The Morgan fingerprint density at radius 1 is 1.00 bits per heavy atom.